The van der Waals surface area contributed by atoms with Gasteiger partial charge in [0.15, 0.2) is 0 Å². The van der Waals surface area contributed by atoms with Crippen LogP contribution in [0.4, 0.5) is 13.2 Å². The van der Waals surface area contributed by atoms with Crippen LogP contribution in [0, 0.1) is 6.92 Å². The van der Waals surface area contributed by atoms with Gasteiger partial charge in [-0.3, -0.25) is 4.98 Å². The number of aliphatic hydroxyl groups is 1. The number of nitrogens with zero attached hydrogens (tertiary/aromatic N) is 1. The fourth-order valence-electron chi connectivity index (χ4n) is 2.26. The van der Waals surface area contributed by atoms with Gasteiger partial charge in [-0.15, -0.1) is 0 Å². The van der Waals surface area contributed by atoms with E-state index in [1.54, 1.807) is 0 Å². The minimum atomic E-state index is -4.43. The molecule has 1 atom stereocenters. The zero-order valence-electron chi connectivity index (χ0n) is 13.0. The van der Waals surface area contributed by atoms with Gasteiger partial charge in [0.2, 0.25) is 0 Å². The number of aromatic nitrogens is 1. The molecular formula is C17H19F3N2O. The number of alkyl halides is 3. The Balaban J connectivity index is 2.04. The molecule has 0 aliphatic carbocycles. The normalized spacial score (nSPS) is 14.5. The Morgan fingerprint density at radius 1 is 1.09 bits per heavy atom. The van der Waals surface area contributed by atoms with Gasteiger partial charge < -0.3 is 10.4 Å². The molecule has 0 fully saturated rings. The van der Waals surface area contributed by atoms with Gasteiger partial charge in [0.25, 0.3) is 0 Å². The summed E-state index contributed by atoms with van der Waals surface area (Å²) in [5.74, 6) is 0. The average Bonchev–Trinajstić information content (AvgIpc) is 2.46. The molecule has 1 aromatic carbocycles. The van der Waals surface area contributed by atoms with E-state index in [-0.39, 0.29) is 12.1 Å². The molecule has 6 heteroatoms. The van der Waals surface area contributed by atoms with Crippen LogP contribution in [-0.4, -0.2) is 16.6 Å². The maximum Gasteiger partial charge on any atom is 0.416 e. The van der Waals surface area contributed by atoms with E-state index >= 15 is 0 Å². The summed E-state index contributed by atoms with van der Waals surface area (Å²) in [7, 11) is 0. The Labute approximate surface area is 133 Å². The fourth-order valence-corrected chi connectivity index (χ4v) is 2.26. The van der Waals surface area contributed by atoms with Gasteiger partial charge in [0, 0.05) is 18.8 Å². The van der Waals surface area contributed by atoms with Crippen molar-refractivity contribution >= 4 is 0 Å². The van der Waals surface area contributed by atoms with E-state index in [4.69, 9.17) is 0 Å². The highest BCUT2D eigenvalue weighted by atomic mass is 19.4. The van der Waals surface area contributed by atoms with Crippen molar-refractivity contribution < 1.29 is 18.3 Å². The minimum Gasteiger partial charge on any atom is -0.384 e. The first-order valence-electron chi connectivity index (χ1n) is 7.22. The highest BCUT2D eigenvalue weighted by molar-refractivity contribution is 5.29. The van der Waals surface area contributed by atoms with Crippen molar-refractivity contribution in [3.8, 4) is 0 Å². The first-order chi connectivity index (χ1) is 10.7. The van der Waals surface area contributed by atoms with Crippen molar-refractivity contribution in [2.75, 3.05) is 6.54 Å². The topological polar surface area (TPSA) is 45.1 Å². The van der Waals surface area contributed by atoms with Crippen LogP contribution in [0.15, 0.2) is 42.5 Å². The molecule has 0 aliphatic heterocycles. The SMILES string of the molecule is Cc1cccc(CNCC(C)(O)c2cccc(C(F)(F)F)c2)n1. The van der Waals surface area contributed by atoms with Crippen LogP contribution in [0.5, 0.6) is 0 Å². The second-order valence-electron chi connectivity index (χ2n) is 5.73. The smallest absolute Gasteiger partial charge is 0.384 e. The Kier molecular flexibility index (Phi) is 5.06. The molecule has 0 saturated carbocycles. The third kappa shape index (κ3) is 4.77. The molecule has 0 bridgehead atoms. The number of nitrogens with one attached hydrogen (secondary N) is 1. The Morgan fingerprint density at radius 2 is 1.74 bits per heavy atom. The summed E-state index contributed by atoms with van der Waals surface area (Å²) in [5.41, 5.74) is -0.267. The van der Waals surface area contributed by atoms with Crippen LogP contribution in [0.25, 0.3) is 0 Å². The maximum absolute atomic E-state index is 12.8. The van der Waals surface area contributed by atoms with Crippen molar-refractivity contribution in [2.45, 2.75) is 32.2 Å². The quantitative estimate of drug-likeness (QED) is 0.886. The van der Waals surface area contributed by atoms with Crippen molar-refractivity contribution in [3.05, 3.63) is 65.0 Å². The molecule has 0 spiro atoms. The van der Waals surface area contributed by atoms with E-state index in [1.165, 1.54) is 19.1 Å². The monoisotopic (exact) mass is 324 g/mol. The molecule has 1 heterocycles. The second kappa shape index (κ2) is 6.68. The summed E-state index contributed by atoms with van der Waals surface area (Å²) in [4.78, 5) is 4.32. The first kappa shape index (κ1) is 17.4. The Morgan fingerprint density at radius 3 is 2.39 bits per heavy atom. The molecule has 0 radical (unpaired) electrons. The lowest BCUT2D eigenvalue weighted by atomic mass is 9.94. The van der Waals surface area contributed by atoms with Gasteiger partial charge in [-0.2, -0.15) is 13.2 Å². The second-order valence-corrected chi connectivity index (χ2v) is 5.73. The van der Waals surface area contributed by atoms with Crippen LogP contribution < -0.4 is 5.32 Å². The molecule has 1 aromatic heterocycles. The van der Waals surface area contributed by atoms with Crippen molar-refractivity contribution in [2.24, 2.45) is 0 Å². The molecule has 2 aromatic rings. The summed E-state index contributed by atoms with van der Waals surface area (Å²) < 4.78 is 38.3. The highest BCUT2D eigenvalue weighted by Gasteiger charge is 2.32. The molecule has 0 amide bonds. The predicted octanol–water partition coefficient (Wildman–Crippen LogP) is 3.41. The molecule has 3 nitrogen and oxygen atoms in total. The van der Waals surface area contributed by atoms with Gasteiger partial charge in [-0.25, -0.2) is 0 Å². The van der Waals surface area contributed by atoms with Gasteiger partial charge in [-0.1, -0.05) is 18.2 Å². The number of benzene rings is 1. The maximum atomic E-state index is 12.8. The van der Waals surface area contributed by atoms with E-state index in [1.807, 2.05) is 25.1 Å². The molecule has 124 valence electrons. The third-order valence-electron chi connectivity index (χ3n) is 3.53. The Hall–Kier alpha value is -1.92. The lowest BCUT2D eigenvalue weighted by molar-refractivity contribution is -0.137. The van der Waals surface area contributed by atoms with E-state index in [0.29, 0.717) is 6.54 Å². The number of halogens is 3. The summed E-state index contributed by atoms with van der Waals surface area (Å²) in [5, 5.41) is 13.5. The summed E-state index contributed by atoms with van der Waals surface area (Å²) >= 11 is 0. The molecule has 23 heavy (non-hydrogen) atoms. The van der Waals surface area contributed by atoms with Gasteiger partial charge >= 0.3 is 6.18 Å². The predicted molar refractivity (Wildman–Crippen MR) is 81.7 cm³/mol. The number of rotatable bonds is 5. The standard InChI is InChI=1S/C17H19F3N2O/c1-12-5-3-8-15(22-12)10-21-11-16(2,23)13-6-4-7-14(9-13)17(18,19)20/h3-9,21,23H,10-11H2,1-2H3. The largest absolute Gasteiger partial charge is 0.416 e. The number of hydrogen-bond donors (Lipinski definition) is 2. The van der Waals surface area contributed by atoms with E-state index in [9.17, 15) is 18.3 Å². The van der Waals surface area contributed by atoms with Crippen LogP contribution >= 0.6 is 0 Å². The zero-order chi connectivity index (χ0) is 17.1. The van der Waals surface area contributed by atoms with Gasteiger partial charge in [-0.05, 0) is 43.7 Å². The van der Waals surface area contributed by atoms with Crippen LogP contribution in [-0.2, 0) is 18.3 Å². The van der Waals surface area contributed by atoms with Gasteiger partial charge in [0.1, 0.15) is 0 Å². The summed E-state index contributed by atoms with van der Waals surface area (Å²) in [6, 6.07) is 10.4. The van der Waals surface area contributed by atoms with Gasteiger partial charge in [0.05, 0.1) is 16.9 Å². The number of hydrogen-bond acceptors (Lipinski definition) is 3. The van der Waals surface area contributed by atoms with Crippen LogP contribution in [0.3, 0.4) is 0 Å². The minimum absolute atomic E-state index is 0.115. The van der Waals surface area contributed by atoms with Crippen LogP contribution in [0.2, 0.25) is 0 Å². The molecule has 1 unspecified atom stereocenters. The molecule has 0 aliphatic rings. The third-order valence-corrected chi connectivity index (χ3v) is 3.53. The summed E-state index contributed by atoms with van der Waals surface area (Å²) in [6.07, 6.45) is -4.43. The number of pyridine rings is 1. The average molecular weight is 324 g/mol. The first-order valence-corrected chi connectivity index (χ1v) is 7.22. The lowest BCUT2D eigenvalue weighted by Gasteiger charge is -2.25. The molecule has 0 saturated heterocycles. The fraction of sp³-hybridized carbons (Fsp3) is 0.353. The summed E-state index contributed by atoms with van der Waals surface area (Å²) in [6.45, 7) is 3.90. The van der Waals surface area contributed by atoms with Crippen molar-refractivity contribution in [3.63, 3.8) is 0 Å². The van der Waals surface area contributed by atoms with Crippen molar-refractivity contribution in [1.82, 2.24) is 10.3 Å². The molecule has 2 N–H and O–H groups in total. The zero-order valence-corrected chi connectivity index (χ0v) is 13.0. The molecule has 2 rings (SSSR count). The van der Waals surface area contributed by atoms with E-state index < -0.39 is 17.3 Å². The Bertz CT molecular complexity index is 669. The van der Waals surface area contributed by atoms with E-state index in [0.717, 1.165) is 23.5 Å². The number of aryl methyl sites for hydroxylation is 1. The highest BCUT2D eigenvalue weighted by Crippen LogP contribution is 2.31. The van der Waals surface area contributed by atoms with E-state index in [2.05, 4.69) is 10.3 Å². The molecular weight excluding hydrogens is 305 g/mol. The lowest BCUT2D eigenvalue weighted by Crippen LogP contribution is -2.35. The van der Waals surface area contributed by atoms with Crippen LogP contribution in [0.1, 0.15) is 29.4 Å². The van der Waals surface area contributed by atoms with Crippen molar-refractivity contribution in [1.29, 1.82) is 0 Å².